The molecule has 1 aromatic heterocycles. The molecule has 1 aromatic rings. The Kier molecular flexibility index (Phi) is 2.18. The summed E-state index contributed by atoms with van der Waals surface area (Å²) in [6, 6.07) is 5.51. The summed E-state index contributed by atoms with van der Waals surface area (Å²) in [6.07, 6.45) is 0. The summed E-state index contributed by atoms with van der Waals surface area (Å²) < 4.78 is 0. The second kappa shape index (κ2) is 3.28. The van der Waals surface area contributed by atoms with Crippen molar-refractivity contribution in [2.24, 2.45) is 0 Å². The van der Waals surface area contributed by atoms with Gasteiger partial charge in [0.2, 0.25) is 5.69 Å². The van der Waals surface area contributed by atoms with Crippen LogP contribution < -0.4 is 0 Å². The van der Waals surface area contributed by atoms with E-state index in [1.807, 2.05) is 0 Å². The van der Waals surface area contributed by atoms with E-state index in [0.29, 0.717) is 0 Å². The van der Waals surface area contributed by atoms with Crippen molar-refractivity contribution < 1.29 is 4.92 Å². The maximum absolute atomic E-state index is 10.3. The molecule has 0 amide bonds. The van der Waals surface area contributed by atoms with Crippen LogP contribution in [0.4, 0.5) is 5.69 Å². The van der Waals surface area contributed by atoms with Crippen LogP contribution in [-0.2, 0) is 0 Å². The highest BCUT2D eigenvalue weighted by atomic mass is 16.6. The molecule has 1 rings (SSSR count). The Balaban J connectivity index is 3.36. The molecule has 0 aliphatic heterocycles. The molecule has 0 aliphatic rings. The minimum Gasteiger partial charge on any atom is -0.258 e. The standard InChI is InChI=1S/C7H2N4O2/c8-3-5-1-2-7(11(12)13)6(4-9)10-5/h1-2H. The minimum absolute atomic E-state index is 0.0119. The Morgan fingerprint density at radius 2 is 2.08 bits per heavy atom. The van der Waals surface area contributed by atoms with E-state index < -0.39 is 4.92 Å². The van der Waals surface area contributed by atoms with E-state index in [2.05, 4.69) is 4.98 Å². The maximum Gasteiger partial charge on any atom is 0.305 e. The number of rotatable bonds is 1. The molecule has 0 atom stereocenters. The van der Waals surface area contributed by atoms with Crippen molar-refractivity contribution in [2.75, 3.05) is 0 Å². The average molecular weight is 174 g/mol. The molecule has 6 nitrogen and oxygen atoms in total. The first-order chi connectivity index (χ1) is 6.19. The van der Waals surface area contributed by atoms with Crippen molar-refractivity contribution in [3.63, 3.8) is 0 Å². The lowest BCUT2D eigenvalue weighted by Crippen LogP contribution is -1.96. The van der Waals surface area contributed by atoms with E-state index in [-0.39, 0.29) is 17.1 Å². The lowest BCUT2D eigenvalue weighted by molar-refractivity contribution is -0.385. The molecular formula is C7H2N4O2. The molecule has 0 radical (unpaired) electrons. The molecule has 62 valence electrons. The molecule has 0 aliphatic carbocycles. The second-order valence-corrected chi connectivity index (χ2v) is 2.04. The van der Waals surface area contributed by atoms with Crippen LogP contribution in [0, 0.1) is 32.8 Å². The highest BCUT2D eigenvalue weighted by Gasteiger charge is 2.14. The topological polar surface area (TPSA) is 104 Å². The van der Waals surface area contributed by atoms with Crippen LogP contribution in [0.5, 0.6) is 0 Å². The fourth-order valence-electron chi connectivity index (χ4n) is 0.744. The van der Waals surface area contributed by atoms with E-state index >= 15 is 0 Å². The zero-order chi connectivity index (χ0) is 9.84. The minimum atomic E-state index is -0.716. The highest BCUT2D eigenvalue weighted by molar-refractivity contribution is 5.45. The van der Waals surface area contributed by atoms with Gasteiger partial charge in [0, 0.05) is 6.07 Å². The summed E-state index contributed by atoms with van der Waals surface area (Å²) in [6.45, 7) is 0. The van der Waals surface area contributed by atoms with Crippen molar-refractivity contribution in [1.29, 1.82) is 10.5 Å². The van der Waals surface area contributed by atoms with Gasteiger partial charge in [-0.15, -0.1) is 0 Å². The molecular weight excluding hydrogens is 172 g/mol. The molecule has 0 aromatic carbocycles. The van der Waals surface area contributed by atoms with E-state index in [4.69, 9.17) is 10.5 Å². The van der Waals surface area contributed by atoms with Gasteiger partial charge in [-0.3, -0.25) is 10.1 Å². The highest BCUT2D eigenvalue weighted by Crippen LogP contribution is 2.14. The second-order valence-electron chi connectivity index (χ2n) is 2.04. The predicted molar refractivity (Wildman–Crippen MR) is 40.3 cm³/mol. The molecule has 1 heterocycles. The monoisotopic (exact) mass is 174 g/mol. The maximum atomic E-state index is 10.3. The summed E-state index contributed by atoms with van der Waals surface area (Å²) >= 11 is 0. The van der Waals surface area contributed by atoms with Crippen LogP contribution in [-0.4, -0.2) is 9.91 Å². The van der Waals surface area contributed by atoms with Gasteiger partial charge in [0.15, 0.2) is 0 Å². The molecule has 0 N–H and O–H groups in total. The number of hydrogen-bond acceptors (Lipinski definition) is 5. The lowest BCUT2D eigenvalue weighted by Gasteiger charge is -1.92. The normalized spacial score (nSPS) is 8.46. The summed E-state index contributed by atoms with van der Waals surface area (Å²) in [5.74, 6) is 0. The van der Waals surface area contributed by atoms with Gasteiger partial charge in [-0.05, 0) is 6.07 Å². The van der Waals surface area contributed by atoms with Gasteiger partial charge < -0.3 is 0 Å². The van der Waals surface area contributed by atoms with Crippen molar-refractivity contribution in [2.45, 2.75) is 0 Å². The third-order valence-corrected chi connectivity index (χ3v) is 1.29. The largest absolute Gasteiger partial charge is 0.305 e. The van der Waals surface area contributed by atoms with Crippen LogP contribution in [0.25, 0.3) is 0 Å². The van der Waals surface area contributed by atoms with Gasteiger partial charge in [0.05, 0.1) is 4.92 Å². The Labute approximate surface area is 72.8 Å². The first-order valence-electron chi connectivity index (χ1n) is 3.14. The lowest BCUT2D eigenvalue weighted by atomic mass is 10.3. The molecule has 0 unspecified atom stereocenters. The zero-order valence-corrected chi connectivity index (χ0v) is 6.26. The van der Waals surface area contributed by atoms with Crippen molar-refractivity contribution >= 4 is 5.69 Å². The van der Waals surface area contributed by atoms with E-state index in [1.165, 1.54) is 6.07 Å². The fraction of sp³-hybridized carbons (Fsp3) is 0. The van der Waals surface area contributed by atoms with Gasteiger partial charge >= 0.3 is 5.69 Å². The molecule has 6 heteroatoms. The van der Waals surface area contributed by atoms with Gasteiger partial charge in [-0.1, -0.05) is 0 Å². The number of nitro groups is 1. The van der Waals surface area contributed by atoms with Crippen molar-refractivity contribution in [3.05, 3.63) is 33.6 Å². The van der Waals surface area contributed by atoms with Crippen LogP contribution in [0.2, 0.25) is 0 Å². The molecule has 0 saturated heterocycles. The summed E-state index contributed by atoms with van der Waals surface area (Å²) in [5.41, 5.74) is -0.743. The Bertz CT molecular complexity index is 441. The number of aromatic nitrogens is 1. The molecule has 0 saturated carbocycles. The predicted octanol–water partition coefficient (Wildman–Crippen LogP) is 0.733. The number of nitriles is 2. The Hall–Kier alpha value is -2.47. The molecule has 0 bridgehead atoms. The van der Waals surface area contributed by atoms with Crippen molar-refractivity contribution in [3.8, 4) is 12.1 Å². The van der Waals surface area contributed by atoms with Crippen molar-refractivity contribution in [1.82, 2.24) is 4.98 Å². The number of hydrogen-bond donors (Lipinski definition) is 0. The van der Waals surface area contributed by atoms with Gasteiger partial charge in [-0.25, -0.2) is 4.98 Å². The summed E-state index contributed by atoms with van der Waals surface area (Å²) in [5, 5.41) is 27.2. The smallest absolute Gasteiger partial charge is 0.258 e. The van der Waals surface area contributed by atoms with Gasteiger partial charge in [0.1, 0.15) is 17.8 Å². The van der Waals surface area contributed by atoms with Gasteiger partial charge in [-0.2, -0.15) is 10.5 Å². The van der Waals surface area contributed by atoms with E-state index in [0.717, 1.165) is 6.07 Å². The number of nitrogens with zero attached hydrogens (tertiary/aromatic N) is 4. The van der Waals surface area contributed by atoms with E-state index in [9.17, 15) is 10.1 Å². The zero-order valence-electron chi connectivity index (χ0n) is 6.26. The summed E-state index contributed by atoms with van der Waals surface area (Å²) in [7, 11) is 0. The van der Waals surface area contributed by atoms with E-state index in [1.54, 1.807) is 12.1 Å². The molecule has 0 fully saturated rings. The van der Waals surface area contributed by atoms with Crippen LogP contribution in [0.1, 0.15) is 11.4 Å². The SMILES string of the molecule is N#Cc1ccc([N+](=O)[O-])c(C#N)n1. The van der Waals surface area contributed by atoms with Crippen LogP contribution in [0.15, 0.2) is 12.1 Å². The Morgan fingerprint density at radius 1 is 1.38 bits per heavy atom. The first kappa shape index (κ1) is 8.62. The van der Waals surface area contributed by atoms with Crippen LogP contribution >= 0.6 is 0 Å². The third-order valence-electron chi connectivity index (χ3n) is 1.29. The first-order valence-corrected chi connectivity index (χ1v) is 3.14. The Morgan fingerprint density at radius 3 is 2.54 bits per heavy atom. The number of pyridine rings is 1. The molecule has 0 spiro atoms. The average Bonchev–Trinajstić information content (AvgIpc) is 2.16. The molecule has 13 heavy (non-hydrogen) atoms. The quantitative estimate of drug-likeness (QED) is 0.461. The summed E-state index contributed by atoms with van der Waals surface area (Å²) in [4.78, 5) is 13.1. The third kappa shape index (κ3) is 1.57. The van der Waals surface area contributed by atoms with Crippen LogP contribution in [0.3, 0.4) is 0 Å². The van der Waals surface area contributed by atoms with Gasteiger partial charge in [0.25, 0.3) is 0 Å². The fourth-order valence-corrected chi connectivity index (χ4v) is 0.744.